The van der Waals surface area contributed by atoms with E-state index in [0.29, 0.717) is 6.42 Å². The third-order valence-corrected chi connectivity index (χ3v) is 2.34. The maximum Gasteiger partial charge on any atom is 0.326 e. The molecule has 0 radical (unpaired) electrons. The number of nitrogens with two attached hydrogens (primary N) is 1. The first-order chi connectivity index (χ1) is 7.20. The van der Waals surface area contributed by atoms with Crippen molar-refractivity contribution in [1.29, 1.82) is 0 Å². The molecule has 0 aliphatic rings. The van der Waals surface area contributed by atoms with E-state index in [0.717, 1.165) is 6.42 Å². The Kier molecular flexibility index (Phi) is 5.44. The van der Waals surface area contributed by atoms with E-state index >= 15 is 0 Å². The van der Waals surface area contributed by atoms with Gasteiger partial charge in [0.2, 0.25) is 5.91 Å². The van der Waals surface area contributed by atoms with Crippen molar-refractivity contribution >= 4 is 11.9 Å². The summed E-state index contributed by atoms with van der Waals surface area (Å²) >= 11 is 0. The topological polar surface area (TPSA) is 92.4 Å². The highest BCUT2D eigenvalue weighted by Gasteiger charge is 2.33. The van der Waals surface area contributed by atoms with Gasteiger partial charge in [0.1, 0.15) is 6.04 Å². The highest BCUT2D eigenvalue weighted by atomic mass is 16.4. The molecule has 0 aromatic heterocycles. The fraction of sp³-hybridized carbons (Fsp3) is 0.818. The number of carbonyl (C=O) groups excluding carboxylic acids is 1. The SMILES string of the molecule is CCC[C@H](N)C(=O)N[C@H](C(=O)O)C(C)(C)C. The van der Waals surface area contributed by atoms with E-state index in [4.69, 9.17) is 10.8 Å². The Morgan fingerprint density at radius 3 is 2.19 bits per heavy atom. The Hall–Kier alpha value is -1.10. The Labute approximate surface area is 96.4 Å². The van der Waals surface area contributed by atoms with Crippen molar-refractivity contribution in [3.05, 3.63) is 0 Å². The number of hydrogen-bond donors (Lipinski definition) is 3. The van der Waals surface area contributed by atoms with Gasteiger partial charge >= 0.3 is 5.97 Å². The molecular weight excluding hydrogens is 208 g/mol. The second-order valence-electron chi connectivity index (χ2n) is 5.04. The van der Waals surface area contributed by atoms with Gasteiger partial charge < -0.3 is 16.2 Å². The van der Waals surface area contributed by atoms with Crippen LogP contribution in [0.1, 0.15) is 40.5 Å². The van der Waals surface area contributed by atoms with Gasteiger partial charge in [-0.25, -0.2) is 4.79 Å². The number of carboxylic acid groups (broad SMARTS) is 1. The molecule has 0 heterocycles. The maximum absolute atomic E-state index is 11.6. The maximum atomic E-state index is 11.6. The van der Waals surface area contributed by atoms with Crippen LogP contribution in [0.5, 0.6) is 0 Å². The lowest BCUT2D eigenvalue weighted by Crippen LogP contribution is -2.53. The number of aliphatic carboxylic acids is 1. The monoisotopic (exact) mass is 230 g/mol. The molecule has 0 spiro atoms. The summed E-state index contributed by atoms with van der Waals surface area (Å²) < 4.78 is 0. The van der Waals surface area contributed by atoms with E-state index < -0.39 is 29.4 Å². The highest BCUT2D eigenvalue weighted by Crippen LogP contribution is 2.19. The molecule has 0 aliphatic heterocycles. The lowest BCUT2D eigenvalue weighted by molar-refractivity contribution is -0.145. The molecular formula is C11H22N2O3. The van der Waals surface area contributed by atoms with Gasteiger partial charge in [0, 0.05) is 0 Å². The van der Waals surface area contributed by atoms with E-state index in [-0.39, 0.29) is 0 Å². The largest absolute Gasteiger partial charge is 0.480 e. The van der Waals surface area contributed by atoms with Gasteiger partial charge in [0.25, 0.3) is 0 Å². The molecule has 0 saturated carbocycles. The lowest BCUT2D eigenvalue weighted by Gasteiger charge is -2.28. The summed E-state index contributed by atoms with van der Waals surface area (Å²) in [4.78, 5) is 22.6. The number of amides is 1. The summed E-state index contributed by atoms with van der Waals surface area (Å²) in [5.74, 6) is -1.44. The molecule has 0 fully saturated rings. The first kappa shape index (κ1) is 14.9. The Morgan fingerprint density at radius 1 is 1.38 bits per heavy atom. The van der Waals surface area contributed by atoms with E-state index in [1.54, 1.807) is 20.8 Å². The van der Waals surface area contributed by atoms with Crippen molar-refractivity contribution < 1.29 is 14.7 Å². The molecule has 0 bridgehead atoms. The standard InChI is InChI=1S/C11H22N2O3/c1-5-6-7(12)9(14)13-8(10(15)16)11(2,3)4/h7-8H,5-6,12H2,1-4H3,(H,13,14)(H,15,16)/t7-,8+/m0/s1. The van der Waals surface area contributed by atoms with Crippen LogP contribution in [0.4, 0.5) is 0 Å². The van der Waals surface area contributed by atoms with Crippen LogP contribution in [0.2, 0.25) is 0 Å². The molecule has 94 valence electrons. The molecule has 16 heavy (non-hydrogen) atoms. The first-order valence-electron chi connectivity index (χ1n) is 5.49. The Bertz CT molecular complexity index is 258. The molecule has 0 saturated heterocycles. The van der Waals surface area contributed by atoms with Crippen molar-refractivity contribution in [3.8, 4) is 0 Å². The molecule has 4 N–H and O–H groups in total. The van der Waals surface area contributed by atoms with Gasteiger partial charge in [-0.15, -0.1) is 0 Å². The minimum Gasteiger partial charge on any atom is -0.480 e. The number of rotatable bonds is 5. The fourth-order valence-corrected chi connectivity index (χ4v) is 1.34. The Morgan fingerprint density at radius 2 is 1.88 bits per heavy atom. The zero-order chi connectivity index (χ0) is 12.9. The summed E-state index contributed by atoms with van der Waals surface area (Å²) in [5, 5.41) is 11.5. The van der Waals surface area contributed by atoms with Crippen molar-refractivity contribution in [2.45, 2.75) is 52.6 Å². The van der Waals surface area contributed by atoms with Crippen LogP contribution in [0, 0.1) is 5.41 Å². The van der Waals surface area contributed by atoms with Crippen LogP contribution in [0.3, 0.4) is 0 Å². The second-order valence-corrected chi connectivity index (χ2v) is 5.04. The Balaban J connectivity index is 4.54. The minimum absolute atomic E-state index is 0.399. The number of carbonyl (C=O) groups is 2. The third kappa shape index (κ3) is 4.61. The van der Waals surface area contributed by atoms with Crippen LogP contribution in [0.15, 0.2) is 0 Å². The van der Waals surface area contributed by atoms with E-state index in [1.807, 2.05) is 6.92 Å². The molecule has 2 atom stereocenters. The van der Waals surface area contributed by atoms with Gasteiger partial charge in [0.05, 0.1) is 6.04 Å². The van der Waals surface area contributed by atoms with Crippen LogP contribution in [-0.4, -0.2) is 29.1 Å². The van der Waals surface area contributed by atoms with Gasteiger partial charge in [0.15, 0.2) is 0 Å². The molecule has 0 aromatic carbocycles. The smallest absolute Gasteiger partial charge is 0.326 e. The van der Waals surface area contributed by atoms with Gasteiger partial charge in [-0.3, -0.25) is 4.79 Å². The van der Waals surface area contributed by atoms with Crippen LogP contribution >= 0.6 is 0 Å². The van der Waals surface area contributed by atoms with Crippen molar-refractivity contribution in [3.63, 3.8) is 0 Å². The molecule has 0 aromatic rings. The molecule has 0 rings (SSSR count). The molecule has 0 aliphatic carbocycles. The van der Waals surface area contributed by atoms with Crippen molar-refractivity contribution in [1.82, 2.24) is 5.32 Å². The van der Waals surface area contributed by atoms with Gasteiger partial charge in [-0.05, 0) is 11.8 Å². The molecule has 0 unspecified atom stereocenters. The average molecular weight is 230 g/mol. The summed E-state index contributed by atoms with van der Waals surface area (Å²) in [6.07, 6.45) is 1.35. The van der Waals surface area contributed by atoms with E-state index in [2.05, 4.69) is 5.32 Å². The van der Waals surface area contributed by atoms with Crippen molar-refractivity contribution in [2.75, 3.05) is 0 Å². The van der Waals surface area contributed by atoms with Gasteiger partial charge in [-0.1, -0.05) is 34.1 Å². The zero-order valence-electron chi connectivity index (χ0n) is 10.4. The van der Waals surface area contributed by atoms with Crippen LogP contribution < -0.4 is 11.1 Å². The molecule has 5 heteroatoms. The van der Waals surface area contributed by atoms with Gasteiger partial charge in [-0.2, -0.15) is 0 Å². The normalized spacial score (nSPS) is 15.3. The summed E-state index contributed by atoms with van der Waals surface area (Å²) in [6, 6.07) is -1.54. The summed E-state index contributed by atoms with van der Waals surface area (Å²) in [6.45, 7) is 7.21. The predicted molar refractivity (Wildman–Crippen MR) is 61.9 cm³/mol. The molecule has 5 nitrogen and oxygen atoms in total. The third-order valence-electron chi connectivity index (χ3n) is 2.34. The predicted octanol–water partition coefficient (Wildman–Crippen LogP) is 0.729. The second kappa shape index (κ2) is 5.84. The van der Waals surface area contributed by atoms with E-state index in [9.17, 15) is 9.59 Å². The molecule has 1 amide bonds. The number of carboxylic acids is 1. The quantitative estimate of drug-likeness (QED) is 0.649. The number of nitrogens with one attached hydrogen (secondary N) is 1. The highest BCUT2D eigenvalue weighted by molar-refractivity contribution is 5.87. The van der Waals surface area contributed by atoms with Crippen molar-refractivity contribution in [2.24, 2.45) is 11.1 Å². The fourth-order valence-electron chi connectivity index (χ4n) is 1.34. The lowest BCUT2D eigenvalue weighted by atomic mass is 9.86. The number of hydrogen-bond acceptors (Lipinski definition) is 3. The van der Waals surface area contributed by atoms with Crippen LogP contribution in [-0.2, 0) is 9.59 Å². The van der Waals surface area contributed by atoms with Crippen LogP contribution in [0.25, 0.3) is 0 Å². The minimum atomic E-state index is -1.04. The average Bonchev–Trinajstić information content (AvgIpc) is 2.11. The summed E-state index contributed by atoms with van der Waals surface area (Å²) in [7, 11) is 0. The first-order valence-corrected chi connectivity index (χ1v) is 5.49. The zero-order valence-corrected chi connectivity index (χ0v) is 10.4. The summed E-state index contributed by atoms with van der Waals surface area (Å²) in [5.41, 5.74) is 5.08. The van der Waals surface area contributed by atoms with E-state index in [1.165, 1.54) is 0 Å².